The molecule has 0 saturated heterocycles. The number of carbonyl (C=O) groups is 1. The van der Waals surface area contributed by atoms with Gasteiger partial charge in [0.25, 0.3) is 0 Å². The van der Waals surface area contributed by atoms with E-state index in [9.17, 15) is 4.79 Å². The van der Waals surface area contributed by atoms with Crippen molar-refractivity contribution in [3.8, 4) is 11.5 Å². The highest BCUT2D eigenvalue weighted by atomic mass is 35.5. The molecule has 0 radical (unpaired) electrons. The molecule has 0 atom stereocenters. The number of methoxy groups -OCH3 is 2. The number of nitrogens with one attached hydrogen (secondary N) is 1. The van der Waals surface area contributed by atoms with E-state index < -0.39 is 5.92 Å². The maximum absolute atomic E-state index is 13.1. The van der Waals surface area contributed by atoms with Crippen molar-refractivity contribution in [1.82, 2.24) is 5.32 Å². The highest BCUT2D eigenvalue weighted by molar-refractivity contribution is 6.31. The van der Waals surface area contributed by atoms with Crippen molar-refractivity contribution in [2.24, 2.45) is 0 Å². The van der Waals surface area contributed by atoms with Crippen LogP contribution in [0.3, 0.4) is 0 Å². The first kappa shape index (κ1) is 19.8. The molecule has 0 aromatic heterocycles. The van der Waals surface area contributed by atoms with Crippen LogP contribution >= 0.6 is 11.6 Å². The number of ether oxygens (including phenoxy) is 2. The molecule has 0 spiro atoms. The van der Waals surface area contributed by atoms with E-state index in [0.717, 1.165) is 16.7 Å². The molecule has 1 N–H and O–H groups in total. The summed E-state index contributed by atoms with van der Waals surface area (Å²) >= 11 is 6.35. The van der Waals surface area contributed by atoms with Crippen molar-refractivity contribution < 1.29 is 14.3 Å². The van der Waals surface area contributed by atoms with E-state index in [1.807, 2.05) is 60.7 Å². The summed E-state index contributed by atoms with van der Waals surface area (Å²) in [5, 5.41) is 3.51. The summed E-state index contributed by atoms with van der Waals surface area (Å²) in [5.41, 5.74) is 2.63. The molecule has 4 nitrogen and oxygen atoms in total. The average Bonchev–Trinajstić information content (AvgIpc) is 2.74. The average molecular weight is 396 g/mol. The number of carbonyl (C=O) groups excluding carboxylic acids is 1. The van der Waals surface area contributed by atoms with Gasteiger partial charge in [-0.05, 0) is 22.8 Å². The van der Waals surface area contributed by atoms with Gasteiger partial charge in [-0.3, -0.25) is 4.79 Å². The molecule has 3 rings (SSSR count). The van der Waals surface area contributed by atoms with Crippen LogP contribution in [0.25, 0.3) is 0 Å². The van der Waals surface area contributed by atoms with Crippen LogP contribution in [-0.2, 0) is 11.3 Å². The summed E-state index contributed by atoms with van der Waals surface area (Å²) in [4.78, 5) is 13.1. The van der Waals surface area contributed by atoms with Crippen LogP contribution in [0.15, 0.2) is 72.8 Å². The first-order chi connectivity index (χ1) is 13.6. The quantitative estimate of drug-likeness (QED) is 0.624. The lowest BCUT2D eigenvalue weighted by Gasteiger charge is -2.18. The summed E-state index contributed by atoms with van der Waals surface area (Å²) in [7, 11) is 3.12. The fraction of sp³-hybridized carbons (Fsp3) is 0.174. The predicted octanol–water partition coefficient (Wildman–Crippen LogP) is 4.81. The molecule has 0 aliphatic rings. The number of hydrogen-bond acceptors (Lipinski definition) is 3. The molecule has 28 heavy (non-hydrogen) atoms. The summed E-state index contributed by atoms with van der Waals surface area (Å²) in [6.07, 6.45) is 0. The normalized spacial score (nSPS) is 10.6. The van der Waals surface area contributed by atoms with Crippen molar-refractivity contribution in [2.45, 2.75) is 12.5 Å². The third kappa shape index (κ3) is 4.46. The highest BCUT2D eigenvalue weighted by Gasteiger charge is 2.22. The van der Waals surface area contributed by atoms with Gasteiger partial charge >= 0.3 is 0 Å². The second-order valence-corrected chi connectivity index (χ2v) is 6.68. The van der Waals surface area contributed by atoms with Gasteiger partial charge < -0.3 is 14.8 Å². The molecule has 5 heteroatoms. The maximum Gasteiger partial charge on any atom is 0.232 e. The van der Waals surface area contributed by atoms with Gasteiger partial charge in [0.2, 0.25) is 5.91 Å². The Hall–Kier alpha value is -2.98. The van der Waals surface area contributed by atoms with Crippen molar-refractivity contribution in [3.63, 3.8) is 0 Å². The zero-order chi connectivity index (χ0) is 19.9. The van der Waals surface area contributed by atoms with Gasteiger partial charge in [-0.15, -0.1) is 0 Å². The Morgan fingerprint density at radius 1 is 0.893 bits per heavy atom. The molecule has 144 valence electrons. The second kappa shape index (κ2) is 9.29. The van der Waals surface area contributed by atoms with E-state index in [1.165, 1.54) is 0 Å². The molecule has 0 bridgehead atoms. The van der Waals surface area contributed by atoms with Crippen molar-refractivity contribution >= 4 is 17.5 Å². The number of halogens is 1. The van der Waals surface area contributed by atoms with Gasteiger partial charge in [0.05, 0.1) is 20.1 Å². The lowest BCUT2D eigenvalue weighted by molar-refractivity contribution is -0.121. The second-order valence-electron chi connectivity index (χ2n) is 6.27. The third-order valence-corrected chi connectivity index (χ3v) is 4.89. The Balaban J connectivity index is 1.84. The zero-order valence-electron chi connectivity index (χ0n) is 15.8. The lowest BCUT2D eigenvalue weighted by atomic mass is 9.90. The first-order valence-corrected chi connectivity index (χ1v) is 9.30. The fourth-order valence-electron chi connectivity index (χ4n) is 3.10. The van der Waals surface area contributed by atoms with E-state index >= 15 is 0 Å². The SMILES string of the molecule is COc1cc(Cl)c(CNC(=O)C(c2ccccc2)c2ccccc2)cc1OC. The zero-order valence-corrected chi connectivity index (χ0v) is 16.6. The minimum absolute atomic E-state index is 0.0942. The number of rotatable bonds is 7. The lowest BCUT2D eigenvalue weighted by Crippen LogP contribution is -2.29. The van der Waals surface area contributed by atoms with E-state index in [1.54, 1.807) is 26.4 Å². The Bertz CT molecular complexity index is 890. The Labute approximate surface area is 170 Å². The van der Waals surface area contributed by atoms with Gasteiger partial charge in [-0.25, -0.2) is 0 Å². The molecular formula is C23H22ClNO3. The minimum Gasteiger partial charge on any atom is -0.493 e. The van der Waals surface area contributed by atoms with Crippen LogP contribution in [0.4, 0.5) is 0 Å². The molecule has 0 unspecified atom stereocenters. The van der Waals surface area contributed by atoms with Gasteiger partial charge in [0, 0.05) is 17.6 Å². The first-order valence-electron chi connectivity index (χ1n) is 8.92. The molecule has 3 aromatic rings. The molecule has 0 saturated carbocycles. The predicted molar refractivity (Wildman–Crippen MR) is 111 cm³/mol. The van der Waals surface area contributed by atoms with Crippen molar-refractivity contribution in [3.05, 3.63) is 94.5 Å². The third-order valence-electron chi connectivity index (χ3n) is 4.53. The molecule has 0 aliphatic carbocycles. The smallest absolute Gasteiger partial charge is 0.232 e. The number of hydrogen-bond donors (Lipinski definition) is 1. The van der Waals surface area contributed by atoms with Gasteiger partial charge in [-0.2, -0.15) is 0 Å². The Morgan fingerprint density at radius 2 is 1.39 bits per heavy atom. The van der Waals surface area contributed by atoms with Gasteiger partial charge in [0.15, 0.2) is 11.5 Å². The Kier molecular flexibility index (Phi) is 6.56. The van der Waals surface area contributed by atoms with Crippen LogP contribution < -0.4 is 14.8 Å². The van der Waals surface area contributed by atoms with Crippen LogP contribution in [0.5, 0.6) is 11.5 Å². The molecule has 3 aromatic carbocycles. The van der Waals surface area contributed by atoms with Crippen molar-refractivity contribution in [2.75, 3.05) is 14.2 Å². The minimum atomic E-state index is -0.402. The molecule has 0 aliphatic heterocycles. The van der Waals surface area contributed by atoms with E-state index in [2.05, 4.69) is 5.32 Å². The van der Waals surface area contributed by atoms with Crippen molar-refractivity contribution in [1.29, 1.82) is 0 Å². The van der Waals surface area contributed by atoms with E-state index in [0.29, 0.717) is 16.5 Å². The van der Waals surface area contributed by atoms with E-state index in [-0.39, 0.29) is 12.5 Å². The van der Waals surface area contributed by atoms with Gasteiger partial charge in [-0.1, -0.05) is 72.3 Å². The number of amides is 1. The van der Waals surface area contributed by atoms with E-state index in [4.69, 9.17) is 21.1 Å². The monoisotopic (exact) mass is 395 g/mol. The topological polar surface area (TPSA) is 47.6 Å². The molecular weight excluding hydrogens is 374 g/mol. The van der Waals surface area contributed by atoms with Gasteiger partial charge in [0.1, 0.15) is 0 Å². The fourth-order valence-corrected chi connectivity index (χ4v) is 3.32. The summed E-state index contributed by atoms with van der Waals surface area (Å²) in [6.45, 7) is 0.286. The maximum atomic E-state index is 13.1. The largest absolute Gasteiger partial charge is 0.493 e. The van der Waals surface area contributed by atoms with Crippen LogP contribution in [0.2, 0.25) is 5.02 Å². The van der Waals surface area contributed by atoms with Crippen LogP contribution in [0.1, 0.15) is 22.6 Å². The van der Waals surface area contributed by atoms with Crippen LogP contribution in [0, 0.1) is 0 Å². The van der Waals surface area contributed by atoms with Crippen LogP contribution in [-0.4, -0.2) is 20.1 Å². The summed E-state index contributed by atoms with van der Waals surface area (Å²) < 4.78 is 10.6. The molecule has 0 heterocycles. The summed E-state index contributed by atoms with van der Waals surface area (Å²) in [5.74, 6) is 0.623. The molecule has 0 fully saturated rings. The summed E-state index contributed by atoms with van der Waals surface area (Å²) in [6, 6.07) is 22.9. The Morgan fingerprint density at radius 3 is 1.89 bits per heavy atom. The standard InChI is InChI=1S/C23H22ClNO3/c1-27-20-13-18(19(24)14-21(20)28-2)15-25-23(26)22(16-9-5-3-6-10-16)17-11-7-4-8-12-17/h3-14,22H,15H2,1-2H3,(H,25,26). The molecule has 1 amide bonds. The highest BCUT2D eigenvalue weighted by Crippen LogP contribution is 2.33. The number of benzene rings is 3.